The van der Waals surface area contributed by atoms with Crippen LogP contribution in [0.5, 0.6) is 0 Å². The van der Waals surface area contributed by atoms with Gasteiger partial charge < -0.3 is 19.3 Å². The second-order valence-corrected chi connectivity index (χ2v) is 3.89. The summed E-state index contributed by atoms with van der Waals surface area (Å²) in [6, 6.07) is 0. The van der Waals surface area contributed by atoms with Gasteiger partial charge in [-0.05, 0) is 0 Å². The fourth-order valence-corrected chi connectivity index (χ4v) is 1.64. The van der Waals surface area contributed by atoms with Crippen molar-refractivity contribution in [1.29, 1.82) is 0 Å². The molecule has 0 aliphatic carbocycles. The second-order valence-electron chi connectivity index (χ2n) is 3.39. The first-order valence-corrected chi connectivity index (χ1v) is 5.13. The van der Waals surface area contributed by atoms with Gasteiger partial charge in [0, 0.05) is 13.8 Å². The number of aliphatic hydroxyl groups is 1. The Morgan fingerprint density at radius 1 is 1.38 bits per heavy atom. The smallest absolute Gasteiger partial charge is 0.303 e. The Kier molecular flexibility index (Phi) is 4.52. The number of carbonyl (C=O) groups excluding carboxylic acids is 2. The molecular formula is C9H13ClO6. The highest BCUT2D eigenvalue weighted by atomic mass is 35.5. The second kappa shape index (κ2) is 5.47. The third kappa shape index (κ3) is 3.33. The Hall–Kier alpha value is -0.850. The standard InChI is InChI=1S/C9H13ClO6/c1-4(11)14-3-6-8(15-5(2)12)7(10)9(13)16-6/h6-9,13H,3H2,1-2H3/t6-,7-,8-,9+/m1/s1. The fourth-order valence-electron chi connectivity index (χ4n) is 1.37. The van der Waals surface area contributed by atoms with E-state index in [9.17, 15) is 14.7 Å². The van der Waals surface area contributed by atoms with Gasteiger partial charge in [-0.3, -0.25) is 9.59 Å². The Morgan fingerprint density at radius 3 is 2.50 bits per heavy atom. The summed E-state index contributed by atoms with van der Waals surface area (Å²) in [4.78, 5) is 21.4. The van der Waals surface area contributed by atoms with Gasteiger partial charge in [-0.25, -0.2) is 0 Å². The van der Waals surface area contributed by atoms with Gasteiger partial charge in [0.2, 0.25) is 0 Å². The molecule has 0 aromatic heterocycles. The van der Waals surface area contributed by atoms with Gasteiger partial charge in [0.1, 0.15) is 18.1 Å². The fraction of sp³-hybridized carbons (Fsp3) is 0.778. The van der Waals surface area contributed by atoms with Crippen molar-refractivity contribution in [3.05, 3.63) is 0 Å². The van der Waals surface area contributed by atoms with E-state index in [2.05, 4.69) is 0 Å². The van der Waals surface area contributed by atoms with Crippen LogP contribution in [0.25, 0.3) is 0 Å². The molecule has 1 aliphatic rings. The molecule has 0 saturated carbocycles. The zero-order valence-corrected chi connectivity index (χ0v) is 9.64. The minimum absolute atomic E-state index is 0.117. The highest BCUT2D eigenvalue weighted by molar-refractivity contribution is 6.21. The van der Waals surface area contributed by atoms with E-state index in [1.54, 1.807) is 0 Å². The maximum Gasteiger partial charge on any atom is 0.303 e. The van der Waals surface area contributed by atoms with Crippen LogP contribution in [0.15, 0.2) is 0 Å². The predicted molar refractivity (Wildman–Crippen MR) is 52.7 cm³/mol. The van der Waals surface area contributed by atoms with E-state index in [4.69, 9.17) is 25.8 Å². The van der Waals surface area contributed by atoms with Crippen LogP contribution in [-0.2, 0) is 23.8 Å². The van der Waals surface area contributed by atoms with Crippen LogP contribution in [0.2, 0.25) is 0 Å². The van der Waals surface area contributed by atoms with Crippen LogP contribution < -0.4 is 0 Å². The van der Waals surface area contributed by atoms with Crippen LogP contribution >= 0.6 is 11.6 Å². The van der Waals surface area contributed by atoms with E-state index in [1.165, 1.54) is 13.8 Å². The quantitative estimate of drug-likeness (QED) is 0.554. The minimum atomic E-state index is -1.24. The Labute approximate surface area is 97.4 Å². The third-order valence-corrected chi connectivity index (χ3v) is 2.48. The van der Waals surface area contributed by atoms with Crippen molar-refractivity contribution in [2.24, 2.45) is 0 Å². The van der Waals surface area contributed by atoms with Gasteiger partial charge >= 0.3 is 11.9 Å². The first kappa shape index (κ1) is 13.2. The van der Waals surface area contributed by atoms with Crippen molar-refractivity contribution in [2.45, 2.75) is 37.7 Å². The van der Waals surface area contributed by atoms with Gasteiger partial charge in [0.25, 0.3) is 0 Å². The maximum absolute atomic E-state index is 10.8. The molecule has 92 valence electrons. The molecule has 16 heavy (non-hydrogen) atoms. The number of rotatable bonds is 3. The molecule has 1 heterocycles. The molecular weight excluding hydrogens is 240 g/mol. The Morgan fingerprint density at radius 2 is 2.00 bits per heavy atom. The summed E-state index contributed by atoms with van der Waals surface area (Å²) < 4.78 is 14.6. The SMILES string of the molecule is CC(=O)OC[C@H]1O[C@H](O)[C@H](Cl)[C@@H]1OC(C)=O. The summed E-state index contributed by atoms with van der Waals surface area (Å²) >= 11 is 5.79. The van der Waals surface area contributed by atoms with Crippen molar-refractivity contribution in [2.75, 3.05) is 6.61 Å². The van der Waals surface area contributed by atoms with Gasteiger partial charge in [-0.15, -0.1) is 11.6 Å². The summed E-state index contributed by atoms with van der Waals surface area (Å²) in [5.74, 6) is -1.03. The number of ether oxygens (including phenoxy) is 3. The predicted octanol–water partition coefficient (Wildman–Crippen LogP) is -0.194. The van der Waals surface area contributed by atoms with E-state index < -0.39 is 35.8 Å². The molecule has 0 amide bonds. The molecule has 1 fully saturated rings. The topological polar surface area (TPSA) is 82.1 Å². The Bertz CT molecular complexity index is 281. The van der Waals surface area contributed by atoms with Crippen LogP contribution in [0, 0.1) is 0 Å². The monoisotopic (exact) mass is 252 g/mol. The van der Waals surface area contributed by atoms with E-state index in [0.717, 1.165) is 0 Å². The number of hydrogen-bond donors (Lipinski definition) is 1. The number of esters is 2. The van der Waals surface area contributed by atoms with E-state index in [-0.39, 0.29) is 6.61 Å². The van der Waals surface area contributed by atoms with Gasteiger partial charge in [-0.1, -0.05) is 0 Å². The lowest BCUT2D eigenvalue weighted by molar-refractivity contribution is -0.159. The molecule has 7 heteroatoms. The maximum atomic E-state index is 10.8. The van der Waals surface area contributed by atoms with E-state index >= 15 is 0 Å². The highest BCUT2D eigenvalue weighted by Gasteiger charge is 2.45. The lowest BCUT2D eigenvalue weighted by Gasteiger charge is -2.18. The summed E-state index contributed by atoms with van der Waals surface area (Å²) in [5.41, 5.74) is 0. The zero-order chi connectivity index (χ0) is 12.3. The average Bonchev–Trinajstić information content (AvgIpc) is 2.42. The number of carbonyl (C=O) groups is 2. The van der Waals surface area contributed by atoms with Gasteiger partial charge in [0.15, 0.2) is 12.4 Å². The molecule has 1 rings (SSSR count). The van der Waals surface area contributed by atoms with Crippen molar-refractivity contribution in [3.8, 4) is 0 Å². The molecule has 6 nitrogen and oxygen atoms in total. The molecule has 1 N–H and O–H groups in total. The number of halogens is 1. The minimum Gasteiger partial charge on any atom is -0.463 e. The molecule has 0 aromatic rings. The molecule has 0 unspecified atom stereocenters. The van der Waals surface area contributed by atoms with Crippen molar-refractivity contribution in [1.82, 2.24) is 0 Å². The first-order chi connectivity index (χ1) is 7.41. The summed E-state index contributed by atoms with van der Waals surface area (Å²) in [5, 5.41) is 8.46. The van der Waals surface area contributed by atoms with E-state index in [0.29, 0.717) is 0 Å². The molecule has 0 bridgehead atoms. The first-order valence-electron chi connectivity index (χ1n) is 4.70. The van der Waals surface area contributed by atoms with E-state index in [1.807, 2.05) is 0 Å². The molecule has 1 aliphatic heterocycles. The van der Waals surface area contributed by atoms with Crippen LogP contribution in [0.1, 0.15) is 13.8 Å². The third-order valence-electron chi connectivity index (χ3n) is 2.02. The summed E-state index contributed by atoms with van der Waals surface area (Å²) in [6.45, 7) is 2.34. The van der Waals surface area contributed by atoms with Crippen LogP contribution in [-0.4, -0.2) is 47.5 Å². The van der Waals surface area contributed by atoms with Crippen molar-refractivity contribution < 1.29 is 28.9 Å². The average molecular weight is 253 g/mol. The molecule has 0 radical (unpaired) electrons. The number of hydrogen-bond acceptors (Lipinski definition) is 6. The molecule has 1 saturated heterocycles. The van der Waals surface area contributed by atoms with Gasteiger partial charge in [0.05, 0.1) is 0 Å². The molecule has 4 atom stereocenters. The lowest BCUT2D eigenvalue weighted by atomic mass is 10.2. The van der Waals surface area contributed by atoms with Crippen molar-refractivity contribution >= 4 is 23.5 Å². The summed E-state index contributed by atoms with van der Waals surface area (Å²) in [7, 11) is 0. The lowest BCUT2D eigenvalue weighted by Crippen LogP contribution is -2.36. The van der Waals surface area contributed by atoms with Gasteiger partial charge in [-0.2, -0.15) is 0 Å². The number of aliphatic hydroxyl groups excluding tert-OH is 1. The highest BCUT2D eigenvalue weighted by Crippen LogP contribution is 2.27. The van der Waals surface area contributed by atoms with Crippen LogP contribution in [0.4, 0.5) is 0 Å². The largest absolute Gasteiger partial charge is 0.463 e. The summed E-state index contributed by atoms with van der Waals surface area (Å²) in [6.07, 6.45) is -2.81. The zero-order valence-electron chi connectivity index (χ0n) is 8.88. The number of alkyl halides is 1. The Balaban J connectivity index is 2.59. The normalized spacial score (nSPS) is 33.5. The van der Waals surface area contributed by atoms with Crippen LogP contribution in [0.3, 0.4) is 0 Å². The molecule has 0 aromatic carbocycles. The molecule has 0 spiro atoms. The van der Waals surface area contributed by atoms with Crippen molar-refractivity contribution in [3.63, 3.8) is 0 Å².